The van der Waals surface area contributed by atoms with Gasteiger partial charge in [-0.3, -0.25) is 10.1 Å². The Morgan fingerprint density at radius 2 is 2.04 bits per heavy atom. The van der Waals surface area contributed by atoms with E-state index in [2.05, 4.69) is 34.6 Å². The van der Waals surface area contributed by atoms with Crippen molar-refractivity contribution >= 4 is 45.9 Å². The molecule has 1 amide bonds. The summed E-state index contributed by atoms with van der Waals surface area (Å²) in [6.45, 7) is 3.39. The fourth-order valence-corrected chi connectivity index (χ4v) is 3.78. The first-order valence-corrected chi connectivity index (χ1v) is 9.45. The monoisotopic (exact) mass is 359 g/mol. The summed E-state index contributed by atoms with van der Waals surface area (Å²) in [6, 6.07) is 12.4. The summed E-state index contributed by atoms with van der Waals surface area (Å²) in [4.78, 5) is 15.1. The predicted octanol–water partition coefficient (Wildman–Crippen LogP) is 4.25. The van der Waals surface area contributed by atoms with Crippen molar-refractivity contribution in [3.63, 3.8) is 0 Å². The fraction of sp³-hybridized carbons (Fsp3) is 0.333. The van der Waals surface area contributed by atoms with Crippen LogP contribution in [0.3, 0.4) is 0 Å². The van der Waals surface area contributed by atoms with Crippen molar-refractivity contribution in [2.45, 2.75) is 32.2 Å². The van der Waals surface area contributed by atoms with Gasteiger partial charge in [0, 0.05) is 24.0 Å². The Morgan fingerprint density at radius 1 is 1.25 bits per heavy atom. The van der Waals surface area contributed by atoms with Crippen molar-refractivity contribution in [2.24, 2.45) is 0 Å². The number of rotatable bonds is 3. The maximum absolute atomic E-state index is 12.0. The van der Waals surface area contributed by atoms with Crippen LogP contribution >= 0.6 is 23.6 Å². The second kappa shape index (κ2) is 7.77. The van der Waals surface area contributed by atoms with E-state index < -0.39 is 0 Å². The SMILES string of the molecule is C[C@H]1CCCCN1c1ccc(NC(=S)NC(=O)c2cccs2)cc1. The predicted molar refractivity (Wildman–Crippen MR) is 105 cm³/mol. The molecular formula is C18H21N3OS2. The average molecular weight is 360 g/mol. The van der Waals surface area contributed by atoms with Gasteiger partial charge < -0.3 is 10.2 Å². The number of piperidine rings is 1. The first-order chi connectivity index (χ1) is 11.6. The van der Waals surface area contributed by atoms with Crippen molar-refractivity contribution in [3.05, 3.63) is 46.7 Å². The number of hydrogen-bond acceptors (Lipinski definition) is 4. The Bertz CT molecular complexity index is 698. The molecule has 0 aliphatic carbocycles. The number of amides is 1. The molecule has 4 nitrogen and oxygen atoms in total. The van der Waals surface area contributed by atoms with Gasteiger partial charge in [0.25, 0.3) is 5.91 Å². The number of benzene rings is 1. The first-order valence-electron chi connectivity index (χ1n) is 8.16. The van der Waals surface area contributed by atoms with Gasteiger partial charge in [0.1, 0.15) is 0 Å². The molecule has 2 N–H and O–H groups in total. The van der Waals surface area contributed by atoms with Crippen molar-refractivity contribution in [1.29, 1.82) is 0 Å². The number of nitrogens with one attached hydrogen (secondary N) is 2. The number of anilines is 2. The summed E-state index contributed by atoms with van der Waals surface area (Å²) in [5.74, 6) is -0.179. The van der Waals surface area contributed by atoms with Crippen LogP contribution in [0.1, 0.15) is 35.9 Å². The van der Waals surface area contributed by atoms with Gasteiger partial charge in [0.15, 0.2) is 5.11 Å². The smallest absolute Gasteiger partial charge is 0.267 e. The quantitative estimate of drug-likeness (QED) is 0.804. The number of carbonyl (C=O) groups is 1. The molecule has 0 unspecified atom stereocenters. The van der Waals surface area contributed by atoms with E-state index in [9.17, 15) is 4.79 Å². The van der Waals surface area contributed by atoms with Crippen LogP contribution in [0.15, 0.2) is 41.8 Å². The van der Waals surface area contributed by atoms with E-state index >= 15 is 0 Å². The van der Waals surface area contributed by atoms with Crippen LogP contribution in [0.25, 0.3) is 0 Å². The highest BCUT2D eigenvalue weighted by molar-refractivity contribution is 7.80. The Labute approximate surface area is 151 Å². The third kappa shape index (κ3) is 4.13. The van der Waals surface area contributed by atoms with E-state index in [-0.39, 0.29) is 5.91 Å². The Morgan fingerprint density at radius 3 is 2.71 bits per heavy atom. The lowest BCUT2D eigenvalue weighted by Crippen LogP contribution is -2.37. The van der Waals surface area contributed by atoms with Gasteiger partial charge in [0.05, 0.1) is 4.88 Å². The minimum absolute atomic E-state index is 0.179. The van der Waals surface area contributed by atoms with Crippen LogP contribution in [0.2, 0.25) is 0 Å². The molecule has 1 aliphatic rings. The van der Waals surface area contributed by atoms with Crippen LogP contribution in [0, 0.1) is 0 Å². The van der Waals surface area contributed by atoms with E-state index in [1.807, 2.05) is 23.6 Å². The molecule has 0 spiro atoms. The lowest BCUT2D eigenvalue weighted by atomic mass is 10.0. The summed E-state index contributed by atoms with van der Waals surface area (Å²) in [6.07, 6.45) is 3.82. The second-order valence-corrected chi connectivity index (χ2v) is 7.33. The van der Waals surface area contributed by atoms with E-state index in [0.717, 1.165) is 12.2 Å². The van der Waals surface area contributed by atoms with Gasteiger partial charge in [-0.2, -0.15) is 0 Å². The second-order valence-electron chi connectivity index (χ2n) is 5.97. The number of nitrogens with zero attached hydrogens (tertiary/aromatic N) is 1. The van der Waals surface area contributed by atoms with Crippen LogP contribution in [-0.4, -0.2) is 23.6 Å². The molecular weight excluding hydrogens is 338 g/mol. The van der Waals surface area contributed by atoms with Crippen LogP contribution in [0.4, 0.5) is 11.4 Å². The maximum Gasteiger partial charge on any atom is 0.267 e. The summed E-state index contributed by atoms with van der Waals surface area (Å²) >= 11 is 6.61. The van der Waals surface area contributed by atoms with Crippen molar-refractivity contribution < 1.29 is 4.79 Å². The van der Waals surface area contributed by atoms with Crippen LogP contribution in [0.5, 0.6) is 0 Å². The van der Waals surface area contributed by atoms with Gasteiger partial charge in [-0.25, -0.2) is 0 Å². The molecule has 1 saturated heterocycles. The van der Waals surface area contributed by atoms with Crippen molar-refractivity contribution in [3.8, 4) is 0 Å². The van der Waals surface area contributed by atoms with E-state index in [1.54, 1.807) is 6.07 Å². The van der Waals surface area contributed by atoms with Gasteiger partial charge in [-0.15, -0.1) is 11.3 Å². The molecule has 1 aromatic heterocycles. The standard InChI is InChI=1S/C18H21N3OS2/c1-13-5-2-3-11-21(13)15-9-7-14(8-10-15)19-18(23)20-17(22)16-6-4-12-24-16/h4,6-10,12-13H,2-3,5,11H2,1H3,(H2,19,20,22,23)/t13-/m0/s1. The highest BCUT2D eigenvalue weighted by atomic mass is 32.1. The normalized spacial score (nSPS) is 17.4. The number of carbonyl (C=O) groups excluding carboxylic acids is 1. The molecule has 0 radical (unpaired) electrons. The molecule has 0 saturated carbocycles. The number of hydrogen-bond donors (Lipinski definition) is 2. The van der Waals surface area contributed by atoms with E-state index in [0.29, 0.717) is 16.0 Å². The summed E-state index contributed by atoms with van der Waals surface area (Å²) in [7, 11) is 0. The highest BCUT2D eigenvalue weighted by Gasteiger charge is 2.18. The molecule has 2 heterocycles. The molecule has 1 atom stereocenters. The molecule has 2 aromatic rings. The third-order valence-corrected chi connectivity index (χ3v) is 5.30. The molecule has 1 fully saturated rings. The number of thiocarbonyl (C=S) groups is 1. The average Bonchev–Trinajstić information content (AvgIpc) is 3.11. The minimum atomic E-state index is -0.179. The summed E-state index contributed by atoms with van der Waals surface area (Å²) in [5, 5.41) is 7.94. The third-order valence-electron chi connectivity index (χ3n) is 4.23. The zero-order valence-electron chi connectivity index (χ0n) is 13.6. The lowest BCUT2D eigenvalue weighted by molar-refractivity contribution is 0.0981. The van der Waals surface area contributed by atoms with Crippen molar-refractivity contribution in [1.82, 2.24) is 5.32 Å². The molecule has 126 valence electrons. The zero-order valence-corrected chi connectivity index (χ0v) is 15.3. The van der Waals surface area contributed by atoms with Gasteiger partial charge in [-0.1, -0.05) is 6.07 Å². The van der Waals surface area contributed by atoms with Gasteiger partial charge >= 0.3 is 0 Å². The molecule has 1 aromatic carbocycles. The Balaban J connectivity index is 1.57. The Hall–Kier alpha value is -1.92. The van der Waals surface area contributed by atoms with E-state index in [4.69, 9.17) is 12.2 Å². The zero-order chi connectivity index (χ0) is 16.9. The minimum Gasteiger partial charge on any atom is -0.369 e. The molecule has 24 heavy (non-hydrogen) atoms. The van der Waals surface area contributed by atoms with E-state index in [1.165, 1.54) is 36.3 Å². The number of thiophene rings is 1. The first kappa shape index (κ1) is 16.9. The molecule has 6 heteroatoms. The largest absolute Gasteiger partial charge is 0.369 e. The molecule has 3 rings (SSSR count). The lowest BCUT2D eigenvalue weighted by Gasteiger charge is -2.35. The Kier molecular flexibility index (Phi) is 5.48. The van der Waals surface area contributed by atoms with Crippen LogP contribution in [-0.2, 0) is 0 Å². The molecule has 1 aliphatic heterocycles. The fourth-order valence-electron chi connectivity index (χ4n) is 2.95. The molecule has 0 bridgehead atoms. The topological polar surface area (TPSA) is 44.4 Å². The maximum atomic E-state index is 12.0. The summed E-state index contributed by atoms with van der Waals surface area (Å²) in [5.41, 5.74) is 2.11. The van der Waals surface area contributed by atoms with Gasteiger partial charge in [-0.05, 0) is 74.1 Å². The van der Waals surface area contributed by atoms with Crippen LogP contribution < -0.4 is 15.5 Å². The van der Waals surface area contributed by atoms with Gasteiger partial charge in [0.2, 0.25) is 0 Å². The highest BCUT2D eigenvalue weighted by Crippen LogP contribution is 2.25. The summed E-state index contributed by atoms with van der Waals surface area (Å²) < 4.78 is 0. The van der Waals surface area contributed by atoms with Crippen molar-refractivity contribution in [2.75, 3.05) is 16.8 Å².